The van der Waals surface area contributed by atoms with Gasteiger partial charge in [0.25, 0.3) is 5.91 Å². The molecule has 1 aliphatic rings. The van der Waals surface area contributed by atoms with Gasteiger partial charge in [-0.3, -0.25) is 9.36 Å². The summed E-state index contributed by atoms with van der Waals surface area (Å²) in [4.78, 5) is 29.6. The second-order valence-electron chi connectivity index (χ2n) is 8.79. The molecule has 0 radical (unpaired) electrons. The number of ether oxygens (including phenoxy) is 1. The number of halogens is 1. The van der Waals surface area contributed by atoms with Crippen LogP contribution in [0.25, 0.3) is 11.0 Å². The van der Waals surface area contributed by atoms with Crippen molar-refractivity contribution in [2.75, 3.05) is 31.6 Å². The standard InChI is InChI=1S/C25H26FN5O5/c26-16-5-6-21-20(13-16)29-25(34)31(21)17-8-11-30(12-9-17)14-18(32)15-35-22-4-2-1-3-19(22)28-24(33)23-7-10-27-36-23/h1-7,10,13,17-18,32H,8-9,11-12,14-15H2,(H,28,33)(H,29,34). The van der Waals surface area contributed by atoms with Crippen LogP contribution in [0.4, 0.5) is 10.1 Å². The van der Waals surface area contributed by atoms with Crippen LogP contribution < -0.4 is 15.7 Å². The molecule has 188 valence electrons. The van der Waals surface area contributed by atoms with Gasteiger partial charge in [0.15, 0.2) is 0 Å². The van der Waals surface area contributed by atoms with Gasteiger partial charge in [0.2, 0.25) is 5.76 Å². The lowest BCUT2D eigenvalue weighted by Gasteiger charge is -2.33. The quantitative estimate of drug-likeness (QED) is 0.343. The number of carbonyl (C=O) groups excluding carboxylic acids is 1. The first-order valence-electron chi connectivity index (χ1n) is 11.7. The van der Waals surface area contributed by atoms with E-state index in [9.17, 15) is 19.1 Å². The zero-order chi connectivity index (χ0) is 25.1. The van der Waals surface area contributed by atoms with Gasteiger partial charge in [-0.15, -0.1) is 0 Å². The Bertz CT molecular complexity index is 1390. The van der Waals surface area contributed by atoms with Crippen LogP contribution in [-0.2, 0) is 0 Å². The molecule has 3 N–H and O–H groups in total. The first-order valence-corrected chi connectivity index (χ1v) is 11.7. The lowest BCUT2D eigenvalue weighted by molar-refractivity contribution is 0.0561. The fourth-order valence-electron chi connectivity index (χ4n) is 4.58. The van der Waals surface area contributed by atoms with E-state index in [-0.39, 0.29) is 29.9 Å². The van der Waals surface area contributed by atoms with E-state index < -0.39 is 12.0 Å². The maximum Gasteiger partial charge on any atom is 0.326 e. The molecule has 3 heterocycles. The third-order valence-corrected chi connectivity index (χ3v) is 6.30. The summed E-state index contributed by atoms with van der Waals surface area (Å²) < 4.78 is 25.9. The number of aromatic nitrogens is 3. The van der Waals surface area contributed by atoms with Crippen LogP contribution in [0.15, 0.2) is 64.0 Å². The number of piperidine rings is 1. The van der Waals surface area contributed by atoms with Crippen molar-refractivity contribution in [2.24, 2.45) is 0 Å². The van der Waals surface area contributed by atoms with Gasteiger partial charge in [0.05, 0.1) is 22.9 Å². The number of nitrogens with one attached hydrogen (secondary N) is 2. The summed E-state index contributed by atoms with van der Waals surface area (Å²) in [7, 11) is 0. The number of nitrogens with zero attached hydrogens (tertiary/aromatic N) is 3. The smallest absolute Gasteiger partial charge is 0.326 e. The molecule has 1 amide bonds. The average molecular weight is 496 g/mol. The van der Waals surface area contributed by atoms with E-state index in [1.54, 1.807) is 34.9 Å². The van der Waals surface area contributed by atoms with Crippen molar-refractivity contribution in [1.29, 1.82) is 0 Å². The highest BCUT2D eigenvalue weighted by Gasteiger charge is 2.25. The van der Waals surface area contributed by atoms with Crippen molar-refractivity contribution in [3.8, 4) is 5.75 Å². The minimum atomic E-state index is -0.752. The van der Waals surface area contributed by atoms with Gasteiger partial charge in [0, 0.05) is 31.7 Å². The van der Waals surface area contributed by atoms with Crippen LogP contribution in [0, 0.1) is 5.82 Å². The van der Waals surface area contributed by atoms with Crippen molar-refractivity contribution in [1.82, 2.24) is 19.6 Å². The molecule has 5 rings (SSSR count). The van der Waals surface area contributed by atoms with Gasteiger partial charge in [-0.25, -0.2) is 9.18 Å². The summed E-state index contributed by atoms with van der Waals surface area (Å²) in [6.45, 7) is 1.85. The highest BCUT2D eigenvalue weighted by atomic mass is 19.1. The van der Waals surface area contributed by atoms with Crippen LogP contribution >= 0.6 is 0 Å². The number of fused-ring (bicyclic) bond motifs is 1. The third kappa shape index (κ3) is 5.16. The molecule has 0 aliphatic carbocycles. The van der Waals surface area contributed by atoms with Gasteiger partial charge in [-0.05, 0) is 43.2 Å². The predicted molar refractivity (Wildman–Crippen MR) is 130 cm³/mol. The molecular weight excluding hydrogens is 469 g/mol. The van der Waals surface area contributed by atoms with E-state index in [4.69, 9.17) is 9.26 Å². The number of anilines is 1. The molecule has 0 spiro atoms. The number of H-pyrrole nitrogens is 1. The number of imidazole rings is 1. The largest absolute Gasteiger partial charge is 0.489 e. The van der Waals surface area contributed by atoms with Gasteiger partial charge in [-0.1, -0.05) is 17.3 Å². The SMILES string of the molecule is O=C(Nc1ccccc1OCC(O)CN1CCC(n2c(=O)[nH]c3cc(F)ccc32)CC1)c1ccno1. The van der Waals surface area contributed by atoms with Gasteiger partial charge in [-0.2, -0.15) is 0 Å². The van der Waals surface area contributed by atoms with E-state index in [0.717, 1.165) is 12.8 Å². The number of amides is 1. The molecule has 10 nitrogen and oxygen atoms in total. The normalized spacial score (nSPS) is 15.7. The number of aromatic amines is 1. The Morgan fingerprint density at radius 2 is 2.06 bits per heavy atom. The van der Waals surface area contributed by atoms with E-state index in [1.807, 2.05) is 0 Å². The van der Waals surface area contributed by atoms with Gasteiger partial charge < -0.3 is 29.6 Å². The molecule has 2 aromatic carbocycles. The van der Waals surface area contributed by atoms with Crippen molar-refractivity contribution < 1.29 is 23.6 Å². The molecule has 1 aliphatic heterocycles. The van der Waals surface area contributed by atoms with Crippen LogP contribution in [-0.4, -0.2) is 63.0 Å². The molecule has 11 heteroatoms. The number of hydrogen-bond acceptors (Lipinski definition) is 7. The zero-order valence-electron chi connectivity index (χ0n) is 19.4. The third-order valence-electron chi connectivity index (χ3n) is 6.30. The van der Waals surface area contributed by atoms with E-state index in [0.29, 0.717) is 42.1 Å². The monoisotopic (exact) mass is 495 g/mol. The minimum Gasteiger partial charge on any atom is -0.489 e. The maximum atomic E-state index is 13.5. The molecule has 1 fully saturated rings. The molecule has 1 unspecified atom stereocenters. The molecule has 4 aromatic rings. The van der Waals surface area contributed by atoms with E-state index in [2.05, 4.69) is 20.4 Å². The summed E-state index contributed by atoms with van der Waals surface area (Å²) in [5.74, 6) is -0.332. The fraction of sp³-hybridized carbons (Fsp3) is 0.320. The second kappa shape index (κ2) is 10.3. The number of β-amino-alcohol motifs (C(OH)–C–C–N with tert-alkyl or cyclic N) is 1. The van der Waals surface area contributed by atoms with Crippen molar-refractivity contribution in [2.45, 2.75) is 25.0 Å². The number of carbonyl (C=O) groups is 1. The summed E-state index contributed by atoms with van der Waals surface area (Å²) >= 11 is 0. The summed E-state index contributed by atoms with van der Waals surface area (Å²) in [6.07, 6.45) is 2.09. The van der Waals surface area contributed by atoms with Crippen LogP contribution in [0.1, 0.15) is 29.4 Å². The van der Waals surface area contributed by atoms with E-state index >= 15 is 0 Å². The number of para-hydroxylation sites is 2. The molecule has 36 heavy (non-hydrogen) atoms. The summed E-state index contributed by atoms with van der Waals surface area (Å²) in [6, 6.07) is 12.7. The molecule has 1 atom stereocenters. The van der Waals surface area contributed by atoms with Gasteiger partial charge in [0.1, 0.15) is 24.3 Å². The number of rotatable bonds is 8. The van der Waals surface area contributed by atoms with Crippen LogP contribution in [0.5, 0.6) is 5.75 Å². The Balaban J connectivity index is 1.14. The Morgan fingerprint density at radius 3 is 2.83 bits per heavy atom. The first kappa shape index (κ1) is 23.8. The maximum absolute atomic E-state index is 13.5. The molecule has 0 bridgehead atoms. The van der Waals surface area contributed by atoms with Crippen LogP contribution in [0.2, 0.25) is 0 Å². The number of likely N-dealkylation sites (tertiary alicyclic amines) is 1. The van der Waals surface area contributed by atoms with Gasteiger partial charge >= 0.3 is 5.69 Å². The Kier molecular flexibility index (Phi) is 6.83. The summed E-state index contributed by atoms with van der Waals surface area (Å²) in [5, 5.41) is 16.8. The van der Waals surface area contributed by atoms with Crippen molar-refractivity contribution in [3.63, 3.8) is 0 Å². The first-order chi connectivity index (χ1) is 17.5. The number of aliphatic hydroxyl groups excluding tert-OH is 1. The minimum absolute atomic E-state index is 0.00111. The molecule has 1 saturated heterocycles. The molecule has 0 saturated carbocycles. The zero-order valence-corrected chi connectivity index (χ0v) is 19.4. The second-order valence-corrected chi connectivity index (χ2v) is 8.79. The summed E-state index contributed by atoms with van der Waals surface area (Å²) in [5.41, 5.74) is 1.40. The number of benzene rings is 2. The van der Waals surface area contributed by atoms with Crippen LogP contribution in [0.3, 0.4) is 0 Å². The number of hydrogen-bond donors (Lipinski definition) is 3. The Hall–Kier alpha value is -3.96. The molecule has 2 aromatic heterocycles. The van der Waals surface area contributed by atoms with Crippen molar-refractivity contribution in [3.05, 3.63) is 76.8 Å². The Labute approximate surface area is 205 Å². The Morgan fingerprint density at radius 1 is 1.25 bits per heavy atom. The highest BCUT2D eigenvalue weighted by molar-refractivity contribution is 6.02. The predicted octanol–water partition coefficient (Wildman–Crippen LogP) is 2.79. The topological polar surface area (TPSA) is 126 Å². The van der Waals surface area contributed by atoms with E-state index in [1.165, 1.54) is 24.4 Å². The lowest BCUT2D eigenvalue weighted by Crippen LogP contribution is -2.42. The number of aliphatic hydroxyl groups is 1. The average Bonchev–Trinajstić information content (AvgIpc) is 3.52. The lowest BCUT2D eigenvalue weighted by atomic mass is 10.0. The highest BCUT2D eigenvalue weighted by Crippen LogP contribution is 2.26. The van der Waals surface area contributed by atoms with Crippen molar-refractivity contribution >= 4 is 22.6 Å². The fourth-order valence-corrected chi connectivity index (χ4v) is 4.58. The molecular formula is C25H26FN5O5.